The molecule has 2 saturated heterocycles. The van der Waals surface area contributed by atoms with Gasteiger partial charge in [0.2, 0.25) is 11.8 Å². The molecule has 7 heteroatoms. The molecule has 4 heterocycles. The molecular formula is C22H29N5O2. The van der Waals surface area contributed by atoms with Crippen molar-refractivity contribution >= 4 is 11.8 Å². The molecule has 1 unspecified atom stereocenters. The molecule has 1 spiro atoms. The first-order chi connectivity index (χ1) is 14.1. The summed E-state index contributed by atoms with van der Waals surface area (Å²) in [5, 5.41) is 0. The van der Waals surface area contributed by atoms with Crippen molar-refractivity contribution in [3.8, 4) is 0 Å². The van der Waals surface area contributed by atoms with Crippen molar-refractivity contribution in [2.45, 2.75) is 44.9 Å². The van der Waals surface area contributed by atoms with E-state index in [0.717, 1.165) is 63.0 Å². The van der Waals surface area contributed by atoms with Gasteiger partial charge in [-0.3, -0.25) is 14.6 Å². The highest BCUT2D eigenvalue weighted by molar-refractivity contribution is 5.78. The topological polar surface area (TPSA) is 82.2 Å². The van der Waals surface area contributed by atoms with E-state index in [-0.39, 0.29) is 17.2 Å². The van der Waals surface area contributed by atoms with E-state index in [2.05, 4.69) is 15.0 Å². The van der Waals surface area contributed by atoms with Gasteiger partial charge in [-0.2, -0.15) is 0 Å². The lowest BCUT2D eigenvalue weighted by atomic mass is 9.73. The number of likely N-dealkylation sites (tertiary alicyclic amines) is 2. The van der Waals surface area contributed by atoms with Crippen molar-refractivity contribution in [3.63, 3.8) is 0 Å². The van der Waals surface area contributed by atoms with Gasteiger partial charge in [-0.15, -0.1) is 0 Å². The fourth-order valence-corrected chi connectivity index (χ4v) is 4.69. The SMILES string of the molecule is O=C(CCc1cccnc1)N1CCCC2(CCC(=O)N(CCc3cnc[nH]3)C2)C1. The number of rotatable bonds is 6. The number of imidazole rings is 1. The van der Waals surface area contributed by atoms with Crippen LogP contribution in [0.5, 0.6) is 0 Å². The lowest BCUT2D eigenvalue weighted by Crippen LogP contribution is -2.55. The number of carbonyl (C=O) groups is 2. The Morgan fingerprint density at radius 3 is 2.90 bits per heavy atom. The average molecular weight is 396 g/mol. The largest absolute Gasteiger partial charge is 0.348 e. The number of hydrogen-bond donors (Lipinski definition) is 1. The maximum Gasteiger partial charge on any atom is 0.222 e. The van der Waals surface area contributed by atoms with Crippen LogP contribution in [0.3, 0.4) is 0 Å². The molecule has 2 aliphatic rings. The number of nitrogens with zero attached hydrogens (tertiary/aromatic N) is 4. The first-order valence-electron chi connectivity index (χ1n) is 10.6. The summed E-state index contributed by atoms with van der Waals surface area (Å²) in [6, 6.07) is 3.93. The lowest BCUT2D eigenvalue weighted by Gasteiger charge is -2.48. The number of amides is 2. The van der Waals surface area contributed by atoms with E-state index in [1.54, 1.807) is 12.5 Å². The fourth-order valence-electron chi connectivity index (χ4n) is 4.69. The molecule has 1 N–H and O–H groups in total. The third-order valence-corrected chi connectivity index (χ3v) is 6.32. The van der Waals surface area contributed by atoms with Crippen molar-refractivity contribution in [2.24, 2.45) is 5.41 Å². The van der Waals surface area contributed by atoms with Gasteiger partial charge in [0.15, 0.2) is 0 Å². The van der Waals surface area contributed by atoms with Gasteiger partial charge in [-0.25, -0.2) is 4.98 Å². The highest BCUT2D eigenvalue weighted by atomic mass is 16.2. The molecule has 2 amide bonds. The summed E-state index contributed by atoms with van der Waals surface area (Å²) in [7, 11) is 0. The zero-order valence-corrected chi connectivity index (χ0v) is 16.8. The number of carbonyl (C=O) groups excluding carboxylic acids is 2. The van der Waals surface area contributed by atoms with Gasteiger partial charge in [0.25, 0.3) is 0 Å². The second kappa shape index (κ2) is 8.76. The molecule has 0 aliphatic carbocycles. The first kappa shape index (κ1) is 19.6. The van der Waals surface area contributed by atoms with Crippen LogP contribution >= 0.6 is 0 Å². The van der Waals surface area contributed by atoms with Crippen molar-refractivity contribution in [1.82, 2.24) is 24.8 Å². The highest BCUT2D eigenvalue weighted by Crippen LogP contribution is 2.39. The Morgan fingerprint density at radius 1 is 1.17 bits per heavy atom. The van der Waals surface area contributed by atoms with Crippen LogP contribution in [0.2, 0.25) is 0 Å². The number of nitrogens with one attached hydrogen (secondary N) is 1. The second-order valence-electron chi connectivity index (χ2n) is 8.42. The zero-order valence-electron chi connectivity index (χ0n) is 16.8. The number of aryl methyl sites for hydroxylation is 1. The number of aromatic nitrogens is 3. The average Bonchev–Trinajstić information content (AvgIpc) is 3.27. The zero-order chi connectivity index (χ0) is 20.1. The Morgan fingerprint density at radius 2 is 2.10 bits per heavy atom. The molecule has 4 rings (SSSR count). The summed E-state index contributed by atoms with van der Waals surface area (Å²) < 4.78 is 0. The number of hydrogen-bond acceptors (Lipinski definition) is 4. The summed E-state index contributed by atoms with van der Waals surface area (Å²) in [6.07, 6.45) is 12.7. The minimum Gasteiger partial charge on any atom is -0.348 e. The summed E-state index contributed by atoms with van der Waals surface area (Å²) in [4.78, 5) is 40.6. The molecule has 1 atom stereocenters. The van der Waals surface area contributed by atoms with Gasteiger partial charge in [0.1, 0.15) is 0 Å². The third kappa shape index (κ3) is 4.83. The Hall–Kier alpha value is -2.70. The Bertz CT molecular complexity index is 823. The second-order valence-corrected chi connectivity index (χ2v) is 8.42. The van der Waals surface area contributed by atoms with Crippen LogP contribution in [0.1, 0.15) is 43.4 Å². The van der Waals surface area contributed by atoms with Crippen LogP contribution in [0.4, 0.5) is 0 Å². The predicted molar refractivity (Wildman–Crippen MR) is 109 cm³/mol. The molecule has 154 valence electrons. The fraction of sp³-hybridized carbons (Fsp3) is 0.545. The number of aromatic amines is 1. The Balaban J connectivity index is 1.34. The van der Waals surface area contributed by atoms with Gasteiger partial charge < -0.3 is 14.8 Å². The van der Waals surface area contributed by atoms with Crippen molar-refractivity contribution in [2.75, 3.05) is 26.2 Å². The van der Waals surface area contributed by atoms with Crippen LogP contribution < -0.4 is 0 Å². The molecule has 2 aromatic heterocycles. The van der Waals surface area contributed by atoms with Crippen molar-refractivity contribution in [1.29, 1.82) is 0 Å². The highest BCUT2D eigenvalue weighted by Gasteiger charge is 2.42. The maximum atomic E-state index is 12.8. The van der Waals surface area contributed by atoms with Crippen LogP contribution in [-0.2, 0) is 22.4 Å². The molecule has 0 radical (unpaired) electrons. The van der Waals surface area contributed by atoms with Crippen LogP contribution in [0, 0.1) is 5.41 Å². The third-order valence-electron chi connectivity index (χ3n) is 6.32. The molecule has 0 saturated carbocycles. The van der Waals surface area contributed by atoms with Crippen LogP contribution in [0.25, 0.3) is 0 Å². The monoisotopic (exact) mass is 395 g/mol. The predicted octanol–water partition coefficient (Wildman–Crippen LogP) is 2.21. The minimum atomic E-state index is 0.0457. The van der Waals surface area contributed by atoms with E-state index in [1.807, 2.05) is 34.3 Å². The Kier molecular flexibility index (Phi) is 5.92. The summed E-state index contributed by atoms with van der Waals surface area (Å²) in [6.45, 7) is 3.06. The smallest absolute Gasteiger partial charge is 0.222 e. The first-order valence-corrected chi connectivity index (χ1v) is 10.6. The molecule has 7 nitrogen and oxygen atoms in total. The lowest BCUT2D eigenvalue weighted by molar-refractivity contribution is -0.143. The minimum absolute atomic E-state index is 0.0457. The van der Waals surface area contributed by atoms with E-state index >= 15 is 0 Å². The van der Waals surface area contributed by atoms with E-state index in [1.165, 1.54) is 0 Å². The van der Waals surface area contributed by atoms with E-state index < -0.39 is 0 Å². The van der Waals surface area contributed by atoms with Crippen LogP contribution in [-0.4, -0.2) is 62.7 Å². The normalized spacial score (nSPS) is 22.3. The van der Waals surface area contributed by atoms with Crippen molar-refractivity contribution in [3.05, 3.63) is 48.3 Å². The molecule has 2 aromatic rings. The molecule has 2 aliphatic heterocycles. The Labute approximate surface area is 171 Å². The van der Waals surface area contributed by atoms with E-state index in [4.69, 9.17) is 0 Å². The quantitative estimate of drug-likeness (QED) is 0.813. The molecular weight excluding hydrogens is 366 g/mol. The van der Waals surface area contributed by atoms with Crippen molar-refractivity contribution < 1.29 is 9.59 Å². The van der Waals surface area contributed by atoms with Crippen LogP contribution in [0.15, 0.2) is 37.1 Å². The number of piperidine rings is 2. The molecule has 0 aromatic carbocycles. The molecule has 29 heavy (non-hydrogen) atoms. The van der Waals surface area contributed by atoms with E-state index in [9.17, 15) is 9.59 Å². The van der Waals surface area contributed by atoms with E-state index in [0.29, 0.717) is 19.4 Å². The van der Waals surface area contributed by atoms with Gasteiger partial charge >= 0.3 is 0 Å². The number of H-pyrrole nitrogens is 1. The summed E-state index contributed by atoms with van der Waals surface area (Å²) >= 11 is 0. The molecule has 0 bridgehead atoms. The van der Waals surface area contributed by atoms with Gasteiger partial charge in [0, 0.05) is 75.1 Å². The number of pyridine rings is 1. The maximum absolute atomic E-state index is 12.8. The standard InChI is InChI=1S/C22H29N5O2/c28-20(5-4-18-3-1-10-23-13-18)26-11-2-8-22(15-26)9-6-21(29)27(16-22)12-7-19-14-24-17-25-19/h1,3,10,13-14,17H,2,4-9,11-12,15-16H2,(H,24,25). The summed E-state index contributed by atoms with van der Waals surface area (Å²) in [5.74, 6) is 0.448. The van der Waals surface area contributed by atoms with Gasteiger partial charge in [-0.1, -0.05) is 6.07 Å². The van der Waals surface area contributed by atoms with Gasteiger partial charge in [-0.05, 0) is 37.3 Å². The molecule has 2 fully saturated rings. The summed E-state index contributed by atoms with van der Waals surface area (Å²) in [5.41, 5.74) is 2.19. The van der Waals surface area contributed by atoms with Gasteiger partial charge in [0.05, 0.1) is 6.33 Å².